The van der Waals surface area contributed by atoms with Gasteiger partial charge >= 0.3 is 12.0 Å². The Hall–Kier alpha value is -1.38. The maximum absolute atomic E-state index is 12.0. The smallest absolute Gasteiger partial charge is 0.331 e. The number of hydrazine groups is 1. The summed E-state index contributed by atoms with van der Waals surface area (Å²) in [6.07, 6.45) is 1.27. The summed E-state index contributed by atoms with van der Waals surface area (Å²) in [5, 5.41) is 10.4. The zero-order chi connectivity index (χ0) is 14.4. The molecule has 0 aromatic heterocycles. The monoisotopic (exact) mass is 287 g/mol. The van der Waals surface area contributed by atoms with Gasteiger partial charge in [0.05, 0.1) is 19.3 Å². The van der Waals surface area contributed by atoms with Crippen LogP contribution >= 0.6 is 0 Å². The lowest BCUT2D eigenvalue weighted by Gasteiger charge is -2.34. The second-order valence-corrected chi connectivity index (χ2v) is 4.91. The number of piperidine rings is 1. The number of carboxylic acids is 1. The maximum atomic E-state index is 12.0. The number of hydrogen-bond acceptors (Lipinski definition) is 5. The lowest BCUT2D eigenvalue weighted by molar-refractivity contribution is -0.145. The molecule has 114 valence electrons. The fourth-order valence-electron chi connectivity index (χ4n) is 2.30. The van der Waals surface area contributed by atoms with Crippen LogP contribution in [0.15, 0.2) is 0 Å². The molecule has 0 bridgehead atoms. The Bertz CT molecular complexity index is 338. The quantitative estimate of drug-likeness (QED) is 0.725. The highest BCUT2D eigenvalue weighted by Gasteiger charge is 2.25. The van der Waals surface area contributed by atoms with Gasteiger partial charge < -0.3 is 19.5 Å². The number of carboxylic acid groups (broad SMARTS) is 1. The molecule has 2 amide bonds. The summed E-state index contributed by atoms with van der Waals surface area (Å²) >= 11 is 0. The van der Waals surface area contributed by atoms with Crippen LogP contribution < -0.4 is 5.43 Å². The number of aliphatic carboxylic acids is 1. The SMILES string of the molecule is O=C(O)COC1CCN(C(=O)NN2CCOCC2)CC1. The normalized spacial score (nSPS) is 21.7. The van der Waals surface area contributed by atoms with Crippen molar-refractivity contribution in [3.63, 3.8) is 0 Å². The molecule has 0 spiro atoms. The molecule has 0 atom stereocenters. The van der Waals surface area contributed by atoms with Crippen molar-refractivity contribution in [1.82, 2.24) is 15.3 Å². The van der Waals surface area contributed by atoms with E-state index >= 15 is 0 Å². The van der Waals surface area contributed by atoms with Crippen LogP contribution in [0.1, 0.15) is 12.8 Å². The molecule has 2 N–H and O–H groups in total. The third kappa shape index (κ3) is 4.62. The van der Waals surface area contributed by atoms with Crippen molar-refractivity contribution in [2.45, 2.75) is 18.9 Å². The number of nitrogens with one attached hydrogen (secondary N) is 1. The van der Waals surface area contributed by atoms with Gasteiger partial charge in [0.2, 0.25) is 0 Å². The molecule has 2 rings (SSSR count). The highest BCUT2D eigenvalue weighted by Crippen LogP contribution is 2.13. The predicted molar refractivity (Wildman–Crippen MR) is 69.1 cm³/mol. The lowest BCUT2D eigenvalue weighted by atomic mass is 10.1. The molecule has 2 aliphatic heterocycles. The van der Waals surface area contributed by atoms with Crippen LogP contribution in [-0.4, -0.2) is 79.1 Å². The van der Waals surface area contributed by atoms with Crippen LogP contribution in [0.25, 0.3) is 0 Å². The Morgan fingerprint density at radius 2 is 1.85 bits per heavy atom. The molecule has 0 radical (unpaired) electrons. The zero-order valence-electron chi connectivity index (χ0n) is 11.4. The Kier molecular flexibility index (Phi) is 5.57. The van der Waals surface area contributed by atoms with Gasteiger partial charge in [-0.15, -0.1) is 0 Å². The van der Waals surface area contributed by atoms with E-state index in [4.69, 9.17) is 14.6 Å². The van der Waals surface area contributed by atoms with E-state index < -0.39 is 5.97 Å². The number of hydrogen-bond donors (Lipinski definition) is 2. The third-order valence-electron chi connectivity index (χ3n) is 3.44. The minimum absolute atomic E-state index is 0.0708. The number of likely N-dealkylation sites (tertiary alicyclic amines) is 1. The van der Waals surface area contributed by atoms with Crippen molar-refractivity contribution in [2.75, 3.05) is 46.0 Å². The highest BCUT2D eigenvalue weighted by atomic mass is 16.5. The van der Waals surface area contributed by atoms with Gasteiger partial charge in [0.1, 0.15) is 6.61 Å². The standard InChI is InChI=1S/C12H21N3O5/c16-11(17)9-20-10-1-3-14(4-2-10)12(18)13-15-5-7-19-8-6-15/h10H,1-9H2,(H,13,18)(H,16,17). The first-order valence-electron chi connectivity index (χ1n) is 6.87. The summed E-state index contributed by atoms with van der Waals surface area (Å²) in [6, 6.07) is -0.108. The van der Waals surface area contributed by atoms with Crippen molar-refractivity contribution in [3.8, 4) is 0 Å². The first kappa shape index (κ1) is 15.0. The fraction of sp³-hybridized carbons (Fsp3) is 0.833. The first-order valence-corrected chi connectivity index (χ1v) is 6.87. The molecule has 0 unspecified atom stereocenters. The highest BCUT2D eigenvalue weighted by molar-refractivity contribution is 5.73. The number of amides is 2. The molecule has 2 saturated heterocycles. The summed E-state index contributed by atoms with van der Waals surface area (Å²) in [4.78, 5) is 24.2. The van der Waals surface area contributed by atoms with E-state index in [9.17, 15) is 9.59 Å². The second-order valence-electron chi connectivity index (χ2n) is 4.91. The van der Waals surface area contributed by atoms with E-state index in [1.807, 2.05) is 5.01 Å². The van der Waals surface area contributed by atoms with Gasteiger partial charge in [-0.25, -0.2) is 14.6 Å². The van der Waals surface area contributed by atoms with Crippen LogP contribution in [-0.2, 0) is 14.3 Å². The molecule has 2 heterocycles. The van der Waals surface area contributed by atoms with E-state index in [0.717, 1.165) is 0 Å². The predicted octanol–water partition coefficient (Wildman–Crippen LogP) is -0.491. The molecule has 20 heavy (non-hydrogen) atoms. The minimum Gasteiger partial charge on any atom is -0.480 e. The number of carbonyl (C=O) groups is 2. The van der Waals surface area contributed by atoms with E-state index in [-0.39, 0.29) is 18.7 Å². The number of carbonyl (C=O) groups excluding carboxylic acids is 1. The number of urea groups is 1. The van der Waals surface area contributed by atoms with Gasteiger partial charge in [0, 0.05) is 26.2 Å². The molecule has 0 saturated carbocycles. The molecule has 0 aromatic rings. The van der Waals surface area contributed by atoms with Gasteiger partial charge in [0.15, 0.2) is 0 Å². The number of morpholine rings is 1. The molecule has 8 nitrogen and oxygen atoms in total. The van der Waals surface area contributed by atoms with Gasteiger partial charge in [-0.3, -0.25) is 5.43 Å². The van der Waals surface area contributed by atoms with E-state index in [0.29, 0.717) is 52.2 Å². The largest absolute Gasteiger partial charge is 0.480 e. The van der Waals surface area contributed by atoms with Crippen LogP contribution in [0.2, 0.25) is 0 Å². The van der Waals surface area contributed by atoms with E-state index in [2.05, 4.69) is 5.43 Å². The third-order valence-corrected chi connectivity index (χ3v) is 3.44. The average Bonchev–Trinajstić information content (AvgIpc) is 2.46. The molecule has 0 aromatic carbocycles. The van der Waals surface area contributed by atoms with Crippen molar-refractivity contribution < 1.29 is 24.2 Å². The van der Waals surface area contributed by atoms with Gasteiger partial charge in [-0.1, -0.05) is 0 Å². The molecule has 2 fully saturated rings. The Morgan fingerprint density at radius 1 is 1.20 bits per heavy atom. The van der Waals surface area contributed by atoms with E-state index in [1.54, 1.807) is 4.90 Å². The average molecular weight is 287 g/mol. The Balaban J connectivity index is 1.67. The summed E-state index contributed by atoms with van der Waals surface area (Å²) in [7, 11) is 0. The molecule has 8 heteroatoms. The fourth-order valence-corrected chi connectivity index (χ4v) is 2.30. The molecule has 2 aliphatic rings. The van der Waals surface area contributed by atoms with Crippen molar-refractivity contribution in [2.24, 2.45) is 0 Å². The second kappa shape index (κ2) is 7.41. The maximum Gasteiger partial charge on any atom is 0.331 e. The summed E-state index contributed by atoms with van der Waals surface area (Å²) in [6.45, 7) is 3.55. The van der Waals surface area contributed by atoms with Gasteiger partial charge in [-0.2, -0.15) is 0 Å². The van der Waals surface area contributed by atoms with Crippen LogP contribution in [0.3, 0.4) is 0 Å². The minimum atomic E-state index is -0.961. The molecule has 0 aliphatic carbocycles. The summed E-state index contributed by atoms with van der Waals surface area (Å²) in [5.74, 6) is -0.961. The van der Waals surface area contributed by atoms with Crippen LogP contribution in [0.4, 0.5) is 4.79 Å². The molecular weight excluding hydrogens is 266 g/mol. The Morgan fingerprint density at radius 3 is 2.45 bits per heavy atom. The van der Waals surface area contributed by atoms with Gasteiger partial charge in [0.25, 0.3) is 0 Å². The first-order chi connectivity index (χ1) is 9.65. The van der Waals surface area contributed by atoms with E-state index in [1.165, 1.54) is 0 Å². The zero-order valence-corrected chi connectivity index (χ0v) is 11.4. The van der Waals surface area contributed by atoms with Crippen molar-refractivity contribution in [1.29, 1.82) is 0 Å². The summed E-state index contributed by atoms with van der Waals surface area (Å²) in [5.41, 5.74) is 2.86. The van der Waals surface area contributed by atoms with Crippen LogP contribution in [0, 0.1) is 0 Å². The van der Waals surface area contributed by atoms with Crippen molar-refractivity contribution >= 4 is 12.0 Å². The number of ether oxygens (including phenoxy) is 2. The molecular formula is C12H21N3O5. The lowest BCUT2D eigenvalue weighted by Crippen LogP contribution is -2.54. The van der Waals surface area contributed by atoms with Crippen LogP contribution in [0.5, 0.6) is 0 Å². The number of rotatable bonds is 4. The van der Waals surface area contributed by atoms with Crippen molar-refractivity contribution in [3.05, 3.63) is 0 Å². The number of nitrogens with zero attached hydrogens (tertiary/aromatic N) is 2. The Labute approximate surface area is 117 Å². The summed E-state index contributed by atoms with van der Waals surface area (Å²) < 4.78 is 10.5. The van der Waals surface area contributed by atoms with Gasteiger partial charge in [-0.05, 0) is 12.8 Å². The topological polar surface area (TPSA) is 91.3 Å².